The molecule has 3 amide bonds. The third kappa shape index (κ3) is 6.20. The minimum Gasteiger partial charge on any atom is -0.497 e. The van der Waals surface area contributed by atoms with Crippen LogP contribution in [0.2, 0.25) is 0 Å². The summed E-state index contributed by atoms with van der Waals surface area (Å²) in [6.45, 7) is 0.657. The number of amides is 3. The van der Waals surface area contributed by atoms with E-state index < -0.39 is 6.04 Å². The molecule has 0 saturated carbocycles. The molecule has 39 heavy (non-hydrogen) atoms. The quantitative estimate of drug-likeness (QED) is 0.402. The van der Waals surface area contributed by atoms with Crippen molar-refractivity contribution in [2.24, 2.45) is 9.98 Å². The number of nitrogens with one attached hydrogen (secondary N) is 2. The molecular weight excluding hydrogens is 518 g/mol. The topological polar surface area (TPSA) is 126 Å². The van der Waals surface area contributed by atoms with Gasteiger partial charge in [0.15, 0.2) is 5.17 Å². The number of furan rings is 1. The first kappa shape index (κ1) is 26.2. The highest BCUT2D eigenvalue weighted by atomic mass is 32.2. The molecule has 0 bridgehead atoms. The molecule has 5 rings (SSSR count). The average molecular weight is 546 g/mol. The molecule has 10 nitrogen and oxygen atoms in total. The summed E-state index contributed by atoms with van der Waals surface area (Å²) in [4.78, 5) is 49.1. The summed E-state index contributed by atoms with van der Waals surface area (Å²) in [6, 6.07) is 17.7. The number of hydrogen-bond acceptors (Lipinski definition) is 8. The first-order valence-corrected chi connectivity index (χ1v) is 13.4. The van der Waals surface area contributed by atoms with Gasteiger partial charge in [0.05, 0.1) is 31.4 Å². The van der Waals surface area contributed by atoms with Crippen LogP contribution in [0.25, 0.3) is 0 Å². The molecule has 0 spiro atoms. The van der Waals surface area contributed by atoms with Crippen LogP contribution >= 0.6 is 11.8 Å². The second-order valence-corrected chi connectivity index (χ2v) is 9.80. The van der Waals surface area contributed by atoms with E-state index in [1.54, 1.807) is 25.5 Å². The van der Waals surface area contributed by atoms with Crippen LogP contribution in [0.5, 0.6) is 5.75 Å². The number of aliphatic imine (C=N–C) groups is 2. The van der Waals surface area contributed by atoms with Crippen LogP contribution in [-0.4, -0.2) is 52.5 Å². The molecule has 2 aromatic carbocycles. The van der Waals surface area contributed by atoms with Crippen LogP contribution in [0, 0.1) is 0 Å². The Balaban J connectivity index is 1.20. The van der Waals surface area contributed by atoms with Crippen molar-refractivity contribution in [2.75, 3.05) is 12.9 Å². The summed E-state index contributed by atoms with van der Waals surface area (Å²) in [6.07, 6.45) is 1.95. The van der Waals surface area contributed by atoms with Crippen LogP contribution < -0.4 is 15.4 Å². The summed E-state index contributed by atoms with van der Waals surface area (Å²) in [5.41, 5.74) is 2.36. The fraction of sp³-hybridized carbons (Fsp3) is 0.250. The monoisotopic (exact) mass is 545 g/mol. The van der Waals surface area contributed by atoms with Gasteiger partial charge in [0, 0.05) is 18.5 Å². The second-order valence-electron chi connectivity index (χ2n) is 8.86. The van der Waals surface area contributed by atoms with Gasteiger partial charge in [-0.3, -0.25) is 19.4 Å². The van der Waals surface area contributed by atoms with E-state index in [2.05, 4.69) is 20.6 Å². The summed E-state index contributed by atoms with van der Waals surface area (Å²) in [7, 11) is 1.60. The lowest BCUT2D eigenvalue weighted by Gasteiger charge is -2.25. The second kappa shape index (κ2) is 12.0. The van der Waals surface area contributed by atoms with Crippen molar-refractivity contribution < 1.29 is 23.5 Å². The van der Waals surface area contributed by atoms with Gasteiger partial charge >= 0.3 is 0 Å². The Morgan fingerprint density at radius 3 is 2.59 bits per heavy atom. The van der Waals surface area contributed by atoms with Crippen LogP contribution in [0.3, 0.4) is 0 Å². The lowest BCUT2D eigenvalue weighted by molar-refractivity contribution is -0.125. The Labute approximate surface area is 229 Å². The van der Waals surface area contributed by atoms with E-state index in [9.17, 15) is 14.4 Å². The molecule has 0 radical (unpaired) electrons. The smallest absolute Gasteiger partial charge is 0.259 e. The number of ether oxygens (including phenoxy) is 1. The zero-order chi connectivity index (χ0) is 27.2. The third-order valence-corrected chi connectivity index (χ3v) is 7.15. The van der Waals surface area contributed by atoms with Gasteiger partial charge in [0.1, 0.15) is 23.4 Å². The SMILES string of the molecule is COc1ccc(CNC(=O)CCC2N=C3c4ccccc4N=C(SCC(=O)NCc4ccco4)N3C2=O)cc1. The van der Waals surface area contributed by atoms with Crippen molar-refractivity contribution in [1.29, 1.82) is 0 Å². The maximum Gasteiger partial charge on any atom is 0.259 e. The van der Waals surface area contributed by atoms with E-state index >= 15 is 0 Å². The Hall–Kier alpha value is -4.38. The number of benzene rings is 2. The molecule has 2 aliphatic rings. The molecule has 0 fully saturated rings. The number of amidine groups is 2. The van der Waals surface area contributed by atoms with Crippen LogP contribution in [0.15, 0.2) is 81.3 Å². The Morgan fingerprint density at radius 2 is 1.82 bits per heavy atom. The minimum atomic E-state index is -0.712. The van der Waals surface area contributed by atoms with E-state index in [1.807, 2.05) is 48.5 Å². The molecule has 0 aliphatic carbocycles. The summed E-state index contributed by atoms with van der Waals surface area (Å²) in [5.74, 6) is 1.32. The van der Waals surface area contributed by atoms with E-state index in [-0.39, 0.29) is 42.9 Å². The Morgan fingerprint density at radius 1 is 1.03 bits per heavy atom. The first-order chi connectivity index (χ1) is 19.0. The van der Waals surface area contributed by atoms with E-state index in [4.69, 9.17) is 9.15 Å². The molecule has 2 N–H and O–H groups in total. The molecule has 1 unspecified atom stereocenters. The lowest BCUT2D eigenvalue weighted by atomic mass is 10.1. The minimum absolute atomic E-state index is 0.0667. The lowest BCUT2D eigenvalue weighted by Crippen LogP contribution is -2.41. The molecular formula is C28H27N5O5S. The maximum atomic E-state index is 13.4. The highest BCUT2D eigenvalue weighted by Gasteiger charge is 2.41. The standard InChI is InChI=1S/C28H27N5O5S/c1-37-19-10-8-18(9-11-19)15-29-24(34)13-12-23-27(36)33-26(31-23)21-6-2-3-7-22(21)32-28(33)39-17-25(35)30-16-20-5-4-14-38-20/h2-11,14,23H,12-13,15-17H2,1H3,(H,29,34)(H,30,35). The van der Waals surface area contributed by atoms with Gasteiger partial charge in [0.2, 0.25) is 11.8 Å². The number of hydrogen-bond donors (Lipinski definition) is 2. The molecule has 1 atom stereocenters. The van der Waals surface area contributed by atoms with Gasteiger partial charge in [-0.15, -0.1) is 0 Å². The van der Waals surface area contributed by atoms with Crippen LogP contribution in [-0.2, 0) is 27.5 Å². The summed E-state index contributed by atoms with van der Waals surface area (Å²) >= 11 is 1.16. The van der Waals surface area contributed by atoms with Gasteiger partial charge in [-0.25, -0.2) is 9.89 Å². The van der Waals surface area contributed by atoms with Gasteiger partial charge < -0.3 is 19.8 Å². The highest BCUT2D eigenvalue weighted by Crippen LogP contribution is 2.34. The molecule has 3 aromatic rings. The van der Waals surface area contributed by atoms with Crippen LogP contribution in [0.4, 0.5) is 5.69 Å². The molecule has 0 saturated heterocycles. The number of para-hydroxylation sites is 1. The van der Waals surface area contributed by atoms with Gasteiger partial charge in [-0.1, -0.05) is 36.0 Å². The molecule has 11 heteroatoms. The van der Waals surface area contributed by atoms with Gasteiger partial charge in [0.25, 0.3) is 5.91 Å². The van der Waals surface area contributed by atoms with Gasteiger partial charge in [-0.2, -0.15) is 0 Å². The maximum absolute atomic E-state index is 13.4. The number of thioether (sulfide) groups is 1. The normalized spacial score (nSPS) is 15.7. The average Bonchev–Trinajstić information content (AvgIpc) is 3.61. The predicted molar refractivity (Wildman–Crippen MR) is 148 cm³/mol. The van der Waals surface area contributed by atoms with Crippen molar-refractivity contribution >= 4 is 46.2 Å². The predicted octanol–water partition coefficient (Wildman–Crippen LogP) is 3.39. The molecule has 3 heterocycles. The number of nitrogens with zero attached hydrogens (tertiary/aromatic N) is 3. The van der Waals surface area contributed by atoms with E-state index in [1.165, 1.54) is 4.90 Å². The molecule has 200 valence electrons. The summed E-state index contributed by atoms with van der Waals surface area (Å²) < 4.78 is 10.4. The van der Waals surface area contributed by atoms with Crippen molar-refractivity contribution in [1.82, 2.24) is 15.5 Å². The van der Waals surface area contributed by atoms with Crippen molar-refractivity contribution in [3.05, 3.63) is 83.8 Å². The number of fused-ring (bicyclic) bond motifs is 3. The number of rotatable bonds is 10. The van der Waals surface area contributed by atoms with E-state index in [0.29, 0.717) is 29.0 Å². The fourth-order valence-corrected chi connectivity index (χ4v) is 5.00. The van der Waals surface area contributed by atoms with Crippen molar-refractivity contribution in [3.8, 4) is 5.75 Å². The molecule has 1 aromatic heterocycles. The van der Waals surface area contributed by atoms with Crippen molar-refractivity contribution in [3.63, 3.8) is 0 Å². The first-order valence-electron chi connectivity index (χ1n) is 12.4. The number of carbonyl (C=O) groups is 3. The van der Waals surface area contributed by atoms with Crippen LogP contribution in [0.1, 0.15) is 29.7 Å². The number of carbonyl (C=O) groups excluding carboxylic acids is 3. The summed E-state index contributed by atoms with van der Waals surface area (Å²) in [5, 5.41) is 6.06. The van der Waals surface area contributed by atoms with Gasteiger partial charge in [-0.05, 0) is 48.4 Å². The van der Waals surface area contributed by atoms with Crippen molar-refractivity contribution in [2.45, 2.75) is 32.0 Å². The Kier molecular flexibility index (Phi) is 8.07. The highest BCUT2D eigenvalue weighted by molar-refractivity contribution is 8.14. The third-order valence-electron chi connectivity index (χ3n) is 6.21. The zero-order valence-electron chi connectivity index (χ0n) is 21.3. The Bertz CT molecular complexity index is 1420. The molecule has 2 aliphatic heterocycles. The largest absolute Gasteiger partial charge is 0.497 e. The number of methoxy groups -OCH3 is 1. The zero-order valence-corrected chi connectivity index (χ0v) is 22.1. The fourth-order valence-electron chi connectivity index (χ4n) is 4.17. The van der Waals surface area contributed by atoms with E-state index in [0.717, 1.165) is 28.6 Å².